The van der Waals surface area contributed by atoms with Gasteiger partial charge in [0.2, 0.25) is 0 Å². The molecule has 0 atom stereocenters. The van der Waals surface area contributed by atoms with Gasteiger partial charge in [-0.1, -0.05) is 0 Å². The second kappa shape index (κ2) is 5.18. The number of amides is 4. The van der Waals surface area contributed by atoms with Crippen LogP contribution < -0.4 is 22.3 Å². The van der Waals surface area contributed by atoms with Crippen molar-refractivity contribution >= 4 is 23.6 Å². The first-order valence-corrected chi connectivity index (χ1v) is 3.04. The molecule has 0 saturated carbocycles. The lowest BCUT2D eigenvalue weighted by molar-refractivity contribution is -0.138. The zero-order valence-electron chi connectivity index (χ0n) is 6.68. The van der Waals surface area contributed by atoms with Gasteiger partial charge in [0.25, 0.3) is 0 Å². The molecule has 0 aromatic carbocycles. The Morgan fingerprint density at radius 2 is 1.07 bits per heavy atom. The Morgan fingerprint density at radius 1 is 0.786 bits per heavy atom. The third-order valence-electron chi connectivity index (χ3n) is 0.801. The summed E-state index contributed by atoms with van der Waals surface area (Å²) in [6.07, 6.45) is 0. The van der Waals surface area contributed by atoms with Crippen molar-refractivity contribution in [3.63, 3.8) is 0 Å². The molecule has 10 nitrogen and oxygen atoms in total. The Kier molecular flexibility index (Phi) is 4.25. The molecule has 0 heterocycles. The van der Waals surface area contributed by atoms with Crippen molar-refractivity contribution in [1.82, 2.24) is 10.9 Å². The second-order valence-corrected chi connectivity index (χ2v) is 1.81. The SMILES string of the molecule is NC(=O)C(=O)NN=NNC(=O)C(N)=O. The predicted molar refractivity (Wildman–Crippen MR) is 39.5 cm³/mol. The molecule has 10 heteroatoms. The van der Waals surface area contributed by atoms with E-state index in [-0.39, 0.29) is 0 Å². The lowest BCUT2D eigenvalue weighted by Gasteiger charge is -1.92. The summed E-state index contributed by atoms with van der Waals surface area (Å²) in [7, 11) is 0. The first-order chi connectivity index (χ1) is 6.45. The van der Waals surface area contributed by atoms with Crippen LogP contribution in [0.25, 0.3) is 0 Å². The molecule has 0 bridgehead atoms. The van der Waals surface area contributed by atoms with Crippen LogP contribution >= 0.6 is 0 Å². The van der Waals surface area contributed by atoms with E-state index in [2.05, 4.69) is 21.9 Å². The molecule has 6 N–H and O–H groups in total. The van der Waals surface area contributed by atoms with Gasteiger partial charge in [0.05, 0.1) is 0 Å². The Hall–Kier alpha value is -2.52. The van der Waals surface area contributed by atoms with Crippen LogP contribution in [0.5, 0.6) is 0 Å². The largest absolute Gasteiger partial charge is 0.361 e. The minimum atomic E-state index is -1.27. The van der Waals surface area contributed by atoms with Gasteiger partial charge in [0.1, 0.15) is 0 Å². The second-order valence-electron chi connectivity index (χ2n) is 1.81. The average Bonchev–Trinajstić information content (AvgIpc) is 2.11. The zero-order chi connectivity index (χ0) is 11.1. The Balaban J connectivity index is 3.86. The standard InChI is InChI=1S/C4H6N6O4/c5-1(11)3(13)7-9-10-8-4(14)2(6)12/h(H2,5,11)(H2,6,12)(H,7,10,13)(H,8,9,14). The van der Waals surface area contributed by atoms with Crippen molar-refractivity contribution in [1.29, 1.82) is 0 Å². The van der Waals surface area contributed by atoms with Crippen LogP contribution in [-0.4, -0.2) is 23.6 Å². The number of carbonyl (C=O) groups is 4. The lowest BCUT2D eigenvalue weighted by atomic mass is 10.6. The molecular weight excluding hydrogens is 196 g/mol. The van der Waals surface area contributed by atoms with Crippen LogP contribution in [0, 0.1) is 0 Å². The Labute approximate surface area is 76.6 Å². The molecule has 0 rings (SSSR count). The van der Waals surface area contributed by atoms with Gasteiger partial charge in [0.15, 0.2) is 0 Å². The fourth-order valence-corrected chi connectivity index (χ4v) is 0.251. The van der Waals surface area contributed by atoms with Gasteiger partial charge < -0.3 is 11.5 Å². The lowest BCUT2D eigenvalue weighted by Crippen LogP contribution is -2.35. The molecule has 0 unspecified atom stereocenters. The third-order valence-corrected chi connectivity index (χ3v) is 0.801. The van der Waals surface area contributed by atoms with Crippen molar-refractivity contribution in [3.8, 4) is 0 Å². The predicted octanol–water partition coefficient (Wildman–Crippen LogP) is -3.53. The van der Waals surface area contributed by atoms with Crippen molar-refractivity contribution in [2.24, 2.45) is 21.9 Å². The van der Waals surface area contributed by atoms with Gasteiger partial charge in [-0.2, -0.15) is 0 Å². The van der Waals surface area contributed by atoms with E-state index in [0.29, 0.717) is 0 Å². The topological polar surface area (TPSA) is 169 Å². The van der Waals surface area contributed by atoms with E-state index in [1.807, 2.05) is 0 Å². The molecule has 0 radical (unpaired) electrons. The zero-order valence-corrected chi connectivity index (χ0v) is 6.68. The smallest absolute Gasteiger partial charge is 0.330 e. The highest BCUT2D eigenvalue weighted by Gasteiger charge is 2.07. The summed E-state index contributed by atoms with van der Waals surface area (Å²) < 4.78 is 0. The number of rotatable bonds is 2. The molecule has 0 aromatic rings. The molecular formula is C4H6N6O4. The normalized spacial score (nSPS) is 9.43. The van der Waals surface area contributed by atoms with Gasteiger partial charge in [-0.3, -0.25) is 19.2 Å². The van der Waals surface area contributed by atoms with E-state index < -0.39 is 23.6 Å². The van der Waals surface area contributed by atoms with E-state index in [0.717, 1.165) is 0 Å². The highest BCUT2D eigenvalue weighted by Crippen LogP contribution is 1.68. The summed E-state index contributed by atoms with van der Waals surface area (Å²) in [5.74, 6) is -4.99. The summed E-state index contributed by atoms with van der Waals surface area (Å²) in [6.45, 7) is 0. The molecule has 0 spiro atoms. The van der Waals surface area contributed by atoms with Gasteiger partial charge in [-0.05, 0) is 10.4 Å². The summed E-state index contributed by atoms with van der Waals surface area (Å²) in [5, 5.41) is 5.60. The van der Waals surface area contributed by atoms with E-state index in [1.54, 1.807) is 10.9 Å². The number of nitrogens with two attached hydrogens (primary N) is 2. The molecule has 76 valence electrons. The van der Waals surface area contributed by atoms with Crippen LogP contribution in [-0.2, 0) is 19.2 Å². The van der Waals surface area contributed by atoms with Crippen LogP contribution in [0.2, 0.25) is 0 Å². The summed E-state index contributed by atoms with van der Waals surface area (Å²) >= 11 is 0. The molecule has 0 aromatic heterocycles. The molecule has 0 aliphatic rings. The maximum absolute atomic E-state index is 10.4. The Morgan fingerprint density at radius 3 is 1.29 bits per heavy atom. The van der Waals surface area contributed by atoms with Crippen LogP contribution in [0.3, 0.4) is 0 Å². The Bertz CT molecular complexity index is 279. The summed E-state index contributed by atoms with van der Waals surface area (Å²) in [5.41, 5.74) is 12.1. The van der Waals surface area contributed by atoms with Crippen LogP contribution in [0.4, 0.5) is 0 Å². The fraction of sp³-hybridized carbons (Fsp3) is 0. The van der Waals surface area contributed by atoms with Gasteiger partial charge in [-0.15, -0.1) is 0 Å². The average molecular weight is 202 g/mol. The maximum atomic E-state index is 10.4. The number of hydrogen-bond donors (Lipinski definition) is 4. The van der Waals surface area contributed by atoms with Crippen molar-refractivity contribution in [2.45, 2.75) is 0 Å². The van der Waals surface area contributed by atoms with Crippen LogP contribution in [0.1, 0.15) is 0 Å². The van der Waals surface area contributed by atoms with Gasteiger partial charge in [-0.25, -0.2) is 10.9 Å². The summed E-state index contributed by atoms with van der Waals surface area (Å²) in [6, 6.07) is 0. The van der Waals surface area contributed by atoms with Crippen molar-refractivity contribution < 1.29 is 19.2 Å². The third kappa shape index (κ3) is 4.38. The van der Waals surface area contributed by atoms with Gasteiger partial charge >= 0.3 is 23.6 Å². The number of nitrogens with one attached hydrogen (secondary N) is 2. The van der Waals surface area contributed by atoms with Crippen molar-refractivity contribution in [3.05, 3.63) is 0 Å². The van der Waals surface area contributed by atoms with E-state index in [9.17, 15) is 19.2 Å². The van der Waals surface area contributed by atoms with E-state index in [4.69, 9.17) is 0 Å². The quantitative estimate of drug-likeness (QED) is 0.207. The number of hydrogen-bond acceptors (Lipinski definition) is 6. The van der Waals surface area contributed by atoms with E-state index in [1.165, 1.54) is 0 Å². The number of carbonyl (C=O) groups excluding carboxylic acids is 4. The maximum Gasteiger partial charge on any atom is 0.330 e. The molecule has 0 fully saturated rings. The minimum Gasteiger partial charge on any atom is -0.361 e. The first-order valence-electron chi connectivity index (χ1n) is 3.04. The minimum absolute atomic E-state index is 1.22. The number of nitrogens with zero attached hydrogens (tertiary/aromatic N) is 2. The first kappa shape index (κ1) is 11.5. The highest BCUT2D eigenvalue weighted by molar-refractivity contribution is 6.34. The molecule has 14 heavy (non-hydrogen) atoms. The van der Waals surface area contributed by atoms with Gasteiger partial charge in [0, 0.05) is 0 Å². The van der Waals surface area contributed by atoms with Crippen LogP contribution in [0.15, 0.2) is 10.4 Å². The number of primary amides is 2. The monoisotopic (exact) mass is 202 g/mol. The molecule has 4 amide bonds. The van der Waals surface area contributed by atoms with Crippen molar-refractivity contribution in [2.75, 3.05) is 0 Å². The molecule has 0 aliphatic carbocycles. The molecule has 0 saturated heterocycles. The fourth-order valence-electron chi connectivity index (χ4n) is 0.251. The molecule has 0 aliphatic heterocycles. The summed E-state index contributed by atoms with van der Waals surface area (Å²) in [4.78, 5) is 40.9. The van der Waals surface area contributed by atoms with E-state index >= 15 is 0 Å². The highest BCUT2D eigenvalue weighted by atomic mass is 16.2.